The molecule has 2 N–H and O–H groups in total. The monoisotopic (exact) mass is 407 g/mol. The highest BCUT2D eigenvalue weighted by Gasteiger charge is 2.17. The Morgan fingerprint density at radius 3 is 2.79 bits per heavy atom. The van der Waals surface area contributed by atoms with E-state index in [2.05, 4.69) is 30.2 Å². The number of rotatable bonds is 6. The average molecular weight is 408 g/mol. The molecule has 1 aliphatic rings. The number of hydrogen-bond donors (Lipinski definition) is 2. The SMILES string of the molecule is O=c1[nH]c(Sc2n[nH]c(CCC3CCCC3)n2)nc2c1cnn2-c1ccccc1. The van der Waals surface area contributed by atoms with E-state index in [1.54, 1.807) is 4.68 Å². The number of aryl methyl sites for hydroxylation is 1. The Morgan fingerprint density at radius 1 is 1.14 bits per heavy atom. The molecular formula is C20H21N7OS. The summed E-state index contributed by atoms with van der Waals surface area (Å²) in [5, 5.41) is 13.1. The normalized spacial score (nSPS) is 14.8. The highest BCUT2D eigenvalue weighted by atomic mass is 32.2. The molecule has 29 heavy (non-hydrogen) atoms. The predicted molar refractivity (Wildman–Crippen MR) is 110 cm³/mol. The van der Waals surface area contributed by atoms with E-state index in [4.69, 9.17) is 0 Å². The lowest BCUT2D eigenvalue weighted by Crippen LogP contribution is -2.09. The van der Waals surface area contributed by atoms with E-state index < -0.39 is 0 Å². The fourth-order valence-electron chi connectivity index (χ4n) is 3.87. The molecule has 1 aromatic carbocycles. The fourth-order valence-corrected chi connectivity index (χ4v) is 4.56. The quantitative estimate of drug-likeness (QED) is 0.474. The lowest BCUT2D eigenvalue weighted by Gasteiger charge is -2.05. The van der Waals surface area contributed by atoms with Gasteiger partial charge in [0.05, 0.1) is 11.9 Å². The Labute approximate surface area is 171 Å². The lowest BCUT2D eigenvalue weighted by atomic mass is 10.0. The first kappa shape index (κ1) is 18.1. The number of fused-ring (bicyclic) bond motifs is 1. The van der Waals surface area contributed by atoms with Crippen LogP contribution in [0.5, 0.6) is 0 Å². The smallest absolute Gasteiger partial charge is 0.262 e. The first-order valence-corrected chi connectivity index (χ1v) is 10.7. The van der Waals surface area contributed by atoms with Gasteiger partial charge in [-0.1, -0.05) is 43.9 Å². The first-order valence-electron chi connectivity index (χ1n) is 9.89. The van der Waals surface area contributed by atoms with E-state index >= 15 is 0 Å². The summed E-state index contributed by atoms with van der Waals surface area (Å²) in [6, 6.07) is 9.63. The van der Waals surface area contributed by atoms with Gasteiger partial charge in [0.1, 0.15) is 11.2 Å². The molecule has 0 spiro atoms. The molecule has 5 rings (SSSR count). The van der Waals surface area contributed by atoms with Crippen LogP contribution in [0.1, 0.15) is 37.9 Å². The van der Waals surface area contributed by atoms with E-state index in [1.807, 2.05) is 30.3 Å². The van der Waals surface area contributed by atoms with Gasteiger partial charge in [-0.25, -0.2) is 14.6 Å². The van der Waals surface area contributed by atoms with Gasteiger partial charge in [0.25, 0.3) is 5.56 Å². The van der Waals surface area contributed by atoms with E-state index in [0.717, 1.165) is 30.3 Å². The van der Waals surface area contributed by atoms with Gasteiger partial charge in [0.2, 0.25) is 5.16 Å². The third-order valence-corrected chi connectivity index (χ3v) is 6.13. The van der Waals surface area contributed by atoms with Crippen LogP contribution in [0.4, 0.5) is 0 Å². The van der Waals surface area contributed by atoms with Crippen molar-refractivity contribution >= 4 is 22.8 Å². The molecule has 4 aromatic rings. The molecule has 0 saturated heterocycles. The number of hydrogen-bond acceptors (Lipinski definition) is 6. The van der Waals surface area contributed by atoms with Crippen LogP contribution in [0.15, 0.2) is 51.6 Å². The zero-order valence-electron chi connectivity index (χ0n) is 15.8. The molecule has 1 aliphatic carbocycles. The van der Waals surface area contributed by atoms with Crippen LogP contribution >= 0.6 is 11.8 Å². The summed E-state index contributed by atoms with van der Waals surface area (Å²) < 4.78 is 1.67. The fraction of sp³-hybridized carbons (Fsp3) is 0.350. The third kappa shape index (κ3) is 3.82. The summed E-state index contributed by atoms with van der Waals surface area (Å²) >= 11 is 1.24. The van der Waals surface area contributed by atoms with Gasteiger partial charge < -0.3 is 4.98 Å². The summed E-state index contributed by atoms with van der Waals surface area (Å²) in [5.41, 5.74) is 1.14. The van der Waals surface area contributed by atoms with Crippen LogP contribution in [-0.2, 0) is 6.42 Å². The molecule has 0 amide bonds. The molecule has 148 valence electrons. The number of nitrogens with one attached hydrogen (secondary N) is 2. The van der Waals surface area contributed by atoms with E-state index in [9.17, 15) is 4.79 Å². The molecule has 3 aromatic heterocycles. The van der Waals surface area contributed by atoms with Crippen molar-refractivity contribution in [1.82, 2.24) is 34.9 Å². The second-order valence-corrected chi connectivity index (χ2v) is 8.31. The Kier molecular flexibility index (Phi) is 4.89. The number of aromatic amines is 2. The van der Waals surface area contributed by atoms with Crippen molar-refractivity contribution in [2.45, 2.75) is 48.8 Å². The summed E-state index contributed by atoms with van der Waals surface area (Å²) in [5.74, 6) is 1.70. The lowest BCUT2D eigenvalue weighted by molar-refractivity contribution is 0.497. The van der Waals surface area contributed by atoms with E-state index in [0.29, 0.717) is 21.3 Å². The minimum atomic E-state index is -0.225. The van der Waals surface area contributed by atoms with Crippen molar-refractivity contribution in [2.24, 2.45) is 5.92 Å². The molecule has 0 atom stereocenters. The largest absolute Gasteiger partial charge is 0.300 e. The van der Waals surface area contributed by atoms with E-state index in [1.165, 1.54) is 43.6 Å². The summed E-state index contributed by atoms with van der Waals surface area (Å²) in [7, 11) is 0. The van der Waals surface area contributed by atoms with Crippen LogP contribution in [0, 0.1) is 5.92 Å². The molecule has 0 unspecified atom stereocenters. The van der Waals surface area contributed by atoms with Crippen LogP contribution in [0.25, 0.3) is 16.7 Å². The zero-order chi connectivity index (χ0) is 19.6. The molecule has 0 bridgehead atoms. The summed E-state index contributed by atoms with van der Waals surface area (Å²) in [6.45, 7) is 0. The molecule has 1 fully saturated rings. The van der Waals surface area contributed by atoms with Crippen molar-refractivity contribution in [3.63, 3.8) is 0 Å². The number of nitrogens with zero attached hydrogens (tertiary/aromatic N) is 5. The van der Waals surface area contributed by atoms with Gasteiger partial charge in [-0.15, -0.1) is 5.10 Å². The van der Waals surface area contributed by atoms with Gasteiger partial charge in [-0.2, -0.15) is 5.10 Å². The Bertz CT molecular complexity index is 1170. The molecule has 3 heterocycles. The number of benzene rings is 1. The highest BCUT2D eigenvalue weighted by Crippen LogP contribution is 2.28. The minimum Gasteiger partial charge on any atom is -0.300 e. The topological polar surface area (TPSA) is 105 Å². The predicted octanol–water partition coefficient (Wildman–Crippen LogP) is 3.50. The first-order chi connectivity index (χ1) is 14.3. The summed E-state index contributed by atoms with van der Waals surface area (Å²) in [6.07, 6.45) is 8.95. The van der Waals surface area contributed by atoms with Crippen molar-refractivity contribution in [3.8, 4) is 5.69 Å². The Balaban J connectivity index is 1.37. The third-order valence-electron chi connectivity index (χ3n) is 5.38. The molecular weight excluding hydrogens is 386 g/mol. The number of aromatic nitrogens is 7. The van der Waals surface area contributed by atoms with Gasteiger partial charge in [0.15, 0.2) is 10.8 Å². The zero-order valence-corrected chi connectivity index (χ0v) is 16.7. The standard InChI is InChI=1S/C20H21N7OS/c28-18-15-12-21-27(14-8-2-1-3-9-14)17(15)23-19(24-18)29-20-22-16(25-26-20)11-10-13-6-4-5-7-13/h1-3,8-9,12-13H,4-7,10-11H2,(H,22,25,26)(H,23,24,28). The minimum absolute atomic E-state index is 0.225. The van der Waals surface area contributed by atoms with Crippen LogP contribution in [0.2, 0.25) is 0 Å². The molecule has 9 heteroatoms. The van der Waals surface area contributed by atoms with E-state index in [-0.39, 0.29) is 5.56 Å². The van der Waals surface area contributed by atoms with Gasteiger partial charge in [-0.05, 0) is 36.2 Å². The Hall–Kier alpha value is -2.94. The van der Waals surface area contributed by atoms with Crippen LogP contribution in [-0.4, -0.2) is 34.9 Å². The second kappa shape index (κ2) is 7.82. The number of H-pyrrole nitrogens is 2. The molecule has 1 saturated carbocycles. The molecule has 8 nitrogen and oxygen atoms in total. The van der Waals surface area contributed by atoms with Crippen LogP contribution in [0.3, 0.4) is 0 Å². The van der Waals surface area contributed by atoms with Crippen LogP contribution < -0.4 is 5.56 Å². The highest BCUT2D eigenvalue weighted by molar-refractivity contribution is 7.99. The summed E-state index contributed by atoms with van der Waals surface area (Å²) in [4.78, 5) is 24.4. The Morgan fingerprint density at radius 2 is 1.97 bits per heavy atom. The van der Waals surface area contributed by atoms with Gasteiger partial charge >= 0.3 is 0 Å². The van der Waals surface area contributed by atoms with Crippen molar-refractivity contribution in [3.05, 3.63) is 52.7 Å². The number of para-hydroxylation sites is 1. The van der Waals surface area contributed by atoms with Crippen molar-refractivity contribution in [2.75, 3.05) is 0 Å². The van der Waals surface area contributed by atoms with Crippen molar-refractivity contribution in [1.29, 1.82) is 0 Å². The molecule has 0 radical (unpaired) electrons. The second-order valence-electron chi connectivity index (χ2n) is 7.36. The maximum atomic E-state index is 12.5. The molecule has 0 aliphatic heterocycles. The average Bonchev–Trinajstić information content (AvgIpc) is 3.48. The van der Waals surface area contributed by atoms with Crippen molar-refractivity contribution < 1.29 is 0 Å². The van der Waals surface area contributed by atoms with Gasteiger partial charge in [0, 0.05) is 6.42 Å². The maximum absolute atomic E-state index is 12.5. The van der Waals surface area contributed by atoms with Gasteiger partial charge in [-0.3, -0.25) is 9.89 Å². The maximum Gasteiger partial charge on any atom is 0.262 e.